The van der Waals surface area contributed by atoms with Crippen molar-refractivity contribution in [2.45, 2.75) is 6.54 Å². The maximum atomic E-state index is 6.81. The first-order valence-electron chi connectivity index (χ1n) is 4.84. The summed E-state index contributed by atoms with van der Waals surface area (Å²) in [7, 11) is 0. The molecule has 1 aromatic carbocycles. The minimum atomic E-state index is 0.321. The van der Waals surface area contributed by atoms with E-state index in [-0.39, 0.29) is 0 Å². The molecule has 1 heterocycles. The standard InChI is InChI=1S/C13H9ClN2/c1-15-9-12-3-2-4-13(16-12)10-5-7-11(14)8-6-10/h2-8H,9H2. The molecule has 1 aromatic heterocycles. The molecule has 2 rings (SSSR count). The van der Waals surface area contributed by atoms with Crippen LogP contribution in [0.2, 0.25) is 5.02 Å². The molecule has 2 nitrogen and oxygen atoms in total. The molecule has 0 N–H and O–H groups in total. The molecule has 0 amide bonds. The normalized spacial score (nSPS) is 9.75. The summed E-state index contributed by atoms with van der Waals surface area (Å²) in [5, 5.41) is 0.709. The maximum absolute atomic E-state index is 6.81. The fourth-order valence-electron chi connectivity index (χ4n) is 1.43. The Balaban J connectivity index is 2.37. The third-order valence-electron chi connectivity index (χ3n) is 2.19. The van der Waals surface area contributed by atoms with Gasteiger partial charge in [-0.25, -0.2) is 11.6 Å². The molecule has 0 fully saturated rings. The lowest BCUT2D eigenvalue weighted by Crippen LogP contribution is -1.89. The Morgan fingerprint density at radius 3 is 2.56 bits per heavy atom. The first kappa shape index (κ1) is 10.7. The second-order valence-corrected chi connectivity index (χ2v) is 3.77. The number of pyridine rings is 1. The fourth-order valence-corrected chi connectivity index (χ4v) is 1.56. The Labute approximate surface area is 99.3 Å². The first-order chi connectivity index (χ1) is 7.79. The van der Waals surface area contributed by atoms with Crippen LogP contribution in [0, 0.1) is 6.57 Å². The van der Waals surface area contributed by atoms with Gasteiger partial charge in [0, 0.05) is 10.6 Å². The molecule has 16 heavy (non-hydrogen) atoms. The molecule has 2 aromatic rings. The molecule has 3 heteroatoms. The second kappa shape index (κ2) is 4.78. The van der Waals surface area contributed by atoms with Gasteiger partial charge in [-0.15, -0.1) is 0 Å². The topological polar surface area (TPSA) is 17.2 Å². The monoisotopic (exact) mass is 228 g/mol. The largest absolute Gasteiger partial charge is 0.310 e. The number of benzene rings is 1. The van der Waals surface area contributed by atoms with Crippen LogP contribution >= 0.6 is 11.6 Å². The van der Waals surface area contributed by atoms with Gasteiger partial charge in [-0.3, -0.25) is 0 Å². The van der Waals surface area contributed by atoms with E-state index in [1.165, 1.54) is 0 Å². The summed E-state index contributed by atoms with van der Waals surface area (Å²) in [4.78, 5) is 7.73. The van der Waals surface area contributed by atoms with Crippen LogP contribution < -0.4 is 0 Å². The fraction of sp³-hybridized carbons (Fsp3) is 0.0769. The van der Waals surface area contributed by atoms with Gasteiger partial charge in [0.25, 0.3) is 6.54 Å². The van der Waals surface area contributed by atoms with Crippen molar-refractivity contribution >= 4 is 11.6 Å². The van der Waals surface area contributed by atoms with E-state index in [0.29, 0.717) is 11.6 Å². The summed E-state index contributed by atoms with van der Waals surface area (Å²) in [6.07, 6.45) is 0. The zero-order valence-corrected chi connectivity index (χ0v) is 9.28. The smallest absolute Gasteiger partial charge is 0.256 e. The summed E-state index contributed by atoms with van der Waals surface area (Å²) < 4.78 is 0. The van der Waals surface area contributed by atoms with E-state index < -0.39 is 0 Å². The third kappa shape index (κ3) is 2.39. The molecular weight excluding hydrogens is 220 g/mol. The molecule has 0 unspecified atom stereocenters. The number of rotatable bonds is 2. The molecule has 0 aliphatic heterocycles. The maximum Gasteiger partial charge on any atom is 0.256 e. The SMILES string of the molecule is [C-]#[N+]Cc1cccc(-c2ccc(Cl)cc2)n1. The van der Waals surface area contributed by atoms with Crippen LogP contribution in [0.25, 0.3) is 16.1 Å². The number of halogens is 1. The van der Waals surface area contributed by atoms with Crippen LogP contribution in [0.15, 0.2) is 42.5 Å². The predicted molar refractivity (Wildman–Crippen MR) is 65.0 cm³/mol. The molecule has 0 atom stereocenters. The molecule has 0 aliphatic rings. The minimum Gasteiger partial charge on any atom is -0.310 e. The van der Waals surface area contributed by atoms with E-state index in [2.05, 4.69) is 9.83 Å². The molecule has 0 saturated heterocycles. The van der Waals surface area contributed by atoms with Gasteiger partial charge >= 0.3 is 0 Å². The highest BCUT2D eigenvalue weighted by Gasteiger charge is 2.02. The average Bonchev–Trinajstić information content (AvgIpc) is 2.31. The van der Waals surface area contributed by atoms with Crippen LogP contribution in [0.5, 0.6) is 0 Å². The quantitative estimate of drug-likeness (QED) is 0.715. The summed E-state index contributed by atoms with van der Waals surface area (Å²) >= 11 is 5.82. The number of aromatic nitrogens is 1. The molecule has 0 radical (unpaired) electrons. The minimum absolute atomic E-state index is 0.321. The van der Waals surface area contributed by atoms with E-state index in [0.717, 1.165) is 17.0 Å². The molecule has 0 saturated carbocycles. The number of hydrogen-bond donors (Lipinski definition) is 0. The summed E-state index contributed by atoms with van der Waals surface area (Å²) in [5.41, 5.74) is 2.68. The molecule has 78 valence electrons. The zero-order chi connectivity index (χ0) is 11.4. The van der Waals surface area contributed by atoms with Gasteiger partial charge in [0.15, 0.2) is 0 Å². The second-order valence-electron chi connectivity index (χ2n) is 3.34. The van der Waals surface area contributed by atoms with E-state index in [9.17, 15) is 0 Å². The number of hydrogen-bond acceptors (Lipinski definition) is 1. The van der Waals surface area contributed by atoms with Gasteiger partial charge in [0.1, 0.15) is 5.69 Å². The van der Waals surface area contributed by atoms with Crippen molar-refractivity contribution < 1.29 is 0 Å². The number of nitrogens with zero attached hydrogens (tertiary/aromatic N) is 2. The Morgan fingerprint density at radius 1 is 1.12 bits per heavy atom. The van der Waals surface area contributed by atoms with Crippen molar-refractivity contribution in [3.8, 4) is 11.3 Å². The lowest BCUT2D eigenvalue weighted by Gasteiger charge is -2.01. The van der Waals surface area contributed by atoms with Crippen molar-refractivity contribution in [1.82, 2.24) is 4.98 Å². The van der Waals surface area contributed by atoms with E-state index in [1.807, 2.05) is 42.5 Å². The summed E-state index contributed by atoms with van der Waals surface area (Å²) in [6.45, 7) is 7.13. The van der Waals surface area contributed by atoms with Crippen LogP contribution in [0.3, 0.4) is 0 Å². The van der Waals surface area contributed by atoms with Gasteiger partial charge in [0.05, 0.1) is 5.69 Å². The highest BCUT2D eigenvalue weighted by atomic mass is 35.5. The Kier molecular flexibility index (Phi) is 3.19. The molecule has 0 aliphatic carbocycles. The van der Waals surface area contributed by atoms with Crippen molar-refractivity contribution in [2.24, 2.45) is 0 Å². The van der Waals surface area contributed by atoms with Gasteiger partial charge < -0.3 is 4.85 Å². The van der Waals surface area contributed by atoms with Gasteiger partial charge in [-0.2, -0.15) is 0 Å². The Hall–Kier alpha value is -1.85. The summed E-state index contributed by atoms with van der Waals surface area (Å²) in [5.74, 6) is 0. The first-order valence-corrected chi connectivity index (χ1v) is 5.22. The average molecular weight is 229 g/mol. The van der Waals surface area contributed by atoms with Crippen LogP contribution in [0.1, 0.15) is 5.69 Å². The molecule has 0 spiro atoms. The molecule has 0 bridgehead atoms. The lowest BCUT2D eigenvalue weighted by molar-refractivity contribution is 1.11. The lowest BCUT2D eigenvalue weighted by atomic mass is 10.1. The van der Waals surface area contributed by atoms with Gasteiger partial charge in [0.2, 0.25) is 0 Å². The van der Waals surface area contributed by atoms with Crippen LogP contribution in [-0.2, 0) is 6.54 Å². The molecular formula is C13H9ClN2. The van der Waals surface area contributed by atoms with Crippen molar-refractivity contribution in [3.05, 3.63) is 64.6 Å². The predicted octanol–water partition coefficient (Wildman–Crippen LogP) is 3.82. The van der Waals surface area contributed by atoms with E-state index in [1.54, 1.807) is 0 Å². The van der Waals surface area contributed by atoms with Crippen LogP contribution in [0.4, 0.5) is 0 Å². The highest BCUT2D eigenvalue weighted by Crippen LogP contribution is 2.19. The van der Waals surface area contributed by atoms with E-state index >= 15 is 0 Å². The highest BCUT2D eigenvalue weighted by molar-refractivity contribution is 6.30. The van der Waals surface area contributed by atoms with E-state index in [4.69, 9.17) is 18.2 Å². The Morgan fingerprint density at radius 2 is 1.88 bits per heavy atom. The van der Waals surface area contributed by atoms with Gasteiger partial charge in [-0.05, 0) is 24.3 Å². The summed E-state index contributed by atoms with van der Waals surface area (Å²) in [6, 6.07) is 13.2. The Bertz CT molecular complexity index is 526. The third-order valence-corrected chi connectivity index (χ3v) is 2.44. The zero-order valence-electron chi connectivity index (χ0n) is 8.52. The van der Waals surface area contributed by atoms with Crippen molar-refractivity contribution in [3.63, 3.8) is 0 Å². The van der Waals surface area contributed by atoms with Crippen molar-refractivity contribution in [2.75, 3.05) is 0 Å². The van der Waals surface area contributed by atoms with Gasteiger partial charge in [-0.1, -0.05) is 29.8 Å². The van der Waals surface area contributed by atoms with Crippen molar-refractivity contribution in [1.29, 1.82) is 0 Å². The van der Waals surface area contributed by atoms with Crippen LogP contribution in [-0.4, -0.2) is 4.98 Å².